The molecule has 6 nitrogen and oxygen atoms in total. The molecule has 134 valence electrons. The Balaban J connectivity index is 1.80. The minimum Gasteiger partial charge on any atom is -0.352 e. The van der Waals surface area contributed by atoms with Gasteiger partial charge >= 0.3 is 0 Å². The number of hydrogen-bond donors (Lipinski definition) is 2. The minimum atomic E-state index is -3.58. The number of carbonyl (C=O) groups excluding carboxylic acids is 1. The molecule has 1 aliphatic heterocycles. The molecule has 1 amide bonds. The van der Waals surface area contributed by atoms with Crippen LogP contribution < -0.4 is 10.0 Å². The molecule has 0 aromatic heterocycles. The predicted molar refractivity (Wildman–Crippen MR) is 97.2 cm³/mol. The maximum absolute atomic E-state index is 12.1. The number of nitrogens with one attached hydrogen (secondary N) is 2. The number of likely N-dealkylation sites (tertiary alicyclic amines) is 1. The lowest BCUT2D eigenvalue weighted by Crippen LogP contribution is -2.52. The molecule has 0 aliphatic carbocycles. The summed E-state index contributed by atoms with van der Waals surface area (Å²) in [4.78, 5) is 14.5. The van der Waals surface area contributed by atoms with E-state index in [0.29, 0.717) is 6.04 Å². The molecular formula is C16H24BrN3O3S. The number of rotatable bonds is 6. The summed E-state index contributed by atoms with van der Waals surface area (Å²) in [5, 5.41) is 3.01. The Bertz CT molecular complexity index is 664. The molecule has 1 saturated heterocycles. The Morgan fingerprint density at radius 3 is 2.67 bits per heavy atom. The number of sulfonamides is 1. The van der Waals surface area contributed by atoms with Gasteiger partial charge in [0.05, 0.1) is 4.90 Å². The van der Waals surface area contributed by atoms with Crippen LogP contribution in [0.25, 0.3) is 0 Å². The third-order valence-electron chi connectivity index (χ3n) is 4.42. The monoisotopic (exact) mass is 417 g/mol. The van der Waals surface area contributed by atoms with Crippen LogP contribution in [0.1, 0.15) is 26.2 Å². The van der Waals surface area contributed by atoms with E-state index in [2.05, 4.69) is 44.8 Å². The van der Waals surface area contributed by atoms with Crippen molar-refractivity contribution in [3.63, 3.8) is 0 Å². The van der Waals surface area contributed by atoms with Crippen LogP contribution in [0.2, 0.25) is 0 Å². The Hall–Kier alpha value is -0.960. The summed E-state index contributed by atoms with van der Waals surface area (Å²) in [6.45, 7) is 3.22. The second kappa shape index (κ2) is 8.42. The van der Waals surface area contributed by atoms with Crippen molar-refractivity contribution in [1.29, 1.82) is 0 Å². The number of piperidine rings is 1. The highest BCUT2D eigenvalue weighted by molar-refractivity contribution is 9.10. The molecule has 0 radical (unpaired) electrons. The van der Waals surface area contributed by atoms with Crippen LogP contribution >= 0.6 is 15.9 Å². The molecule has 24 heavy (non-hydrogen) atoms. The van der Waals surface area contributed by atoms with Gasteiger partial charge in [-0.1, -0.05) is 15.9 Å². The summed E-state index contributed by atoms with van der Waals surface area (Å²) in [5.41, 5.74) is 0. The van der Waals surface area contributed by atoms with Crippen LogP contribution in [0, 0.1) is 0 Å². The van der Waals surface area contributed by atoms with Gasteiger partial charge in [0.1, 0.15) is 0 Å². The standard InChI is InChI=1S/C16H24BrN3O3S/c1-12-15(4-3-11-20(12)2)19-16(21)9-10-18-24(22,23)14-7-5-13(17)6-8-14/h5-8,12,15,18H,3-4,9-11H2,1-2H3,(H,19,21). The third kappa shape index (κ3) is 5.27. The summed E-state index contributed by atoms with van der Waals surface area (Å²) in [6.07, 6.45) is 2.15. The smallest absolute Gasteiger partial charge is 0.240 e. The van der Waals surface area contributed by atoms with Crippen LogP contribution in [0.3, 0.4) is 0 Å². The maximum Gasteiger partial charge on any atom is 0.240 e. The second-order valence-electron chi connectivity index (χ2n) is 6.14. The van der Waals surface area contributed by atoms with Gasteiger partial charge in [0.2, 0.25) is 15.9 Å². The Morgan fingerprint density at radius 1 is 1.33 bits per heavy atom. The van der Waals surface area contributed by atoms with E-state index in [1.165, 1.54) is 12.1 Å². The number of hydrogen-bond acceptors (Lipinski definition) is 4. The molecule has 2 N–H and O–H groups in total. The highest BCUT2D eigenvalue weighted by Gasteiger charge is 2.26. The normalized spacial score (nSPS) is 22.3. The second-order valence-corrected chi connectivity index (χ2v) is 8.82. The van der Waals surface area contributed by atoms with E-state index in [1.807, 2.05) is 0 Å². The SMILES string of the molecule is CC1C(NC(=O)CCNS(=O)(=O)c2ccc(Br)cc2)CCCN1C. The number of nitrogens with zero attached hydrogens (tertiary/aromatic N) is 1. The van der Waals surface area contributed by atoms with Crippen LogP contribution in [-0.2, 0) is 14.8 Å². The van der Waals surface area contributed by atoms with Crippen molar-refractivity contribution in [2.45, 2.75) is 43.2 Å². The van der Waals surface area contributed by atoms with Gasteiger partial charge in [-0.05, 0) is 57.6 Å². The van der Waals surface area contributed by atoms with Crippen molar-refractivity contribution in [3.8, 4) is 0 Å². The topological polar surface area (TPSA) is 78.5 Å². The molecule has 1 heterocycles. The Kier molecular flexibility index (Phi) is 6.79. The lowest BCUT2D eigenvalue weighted by Gasteiger charge is -2.37. The summed E-state index contributed by atoms with van der Waals surface area (Å²) < 4.78 is 27.6. The average Bonchev–Trinajstić information content (AvgIpc) is 2.52. The molecule has 0 spiro atoms. The number of benzene rings is 1. The maximum atomic E-state index is 12.1. The van der Waals surface area contributed by atoms with Gasteiger partial charge in [-0.15, -0.1) is 0 Å². The van der Waals surface area contributed by atoms with E-state index >= 15 is 0 Å². The summed E-state index contributed by atoms with van der Waals surface area (Å²) in [7, 11) is -1.53. The summed E-state index contributed by atoms with van der Waals surface area (Å²) in [5.74, 6) is -0.124. The van der Waals surface area contributed by atoms with Crippen LogP contribution in [-0.4, -0.2) is 51.4 Å². The van der Waals surface area contributed by atoms with E-state index in [-0.39, 0.29) is 29.8 Å². The largest absolute Gasteiger partial charge is 0.352 e. The van der Waals surface area contributed by atoms with E-state index in [1.54, 1.807) is 12.1 Å². The van der Waals surface area contributed by atoms with E-state index in [4.69, 9.17) is 0 Å². The average molecular weight is 418 g/mol. The molecule has 0 saturated carbocycles. The highest BCUT2D eigenvalue weighted by Crippen LogP contribution is 2.16. The summed E-state index contributed by atoms with van der Waals surface area (Å²) in [6, 6.07) is 6.80. The predicted octanol–water partition coefficient (Wildman–Crippen LogP) is 1.72. The van der Waals surface area contributed by atoms with Crippen molar-refractivity contribution in [2.75, 3.05) is 20.1 Å². The van der Waals surface area contributed by atoms with Crippen LogP contribution in [0.5, 0.6) is 0 Å². The van der Waals surface area contributed by atoms with Gasteiger partial charge in [-0.25, -0.2) is 13.1 Å². The highest BCUT2D eigenvalue weighted by atomic mass is 79.9. The molecule has 1 fully saturated rings. The van der Waals surface area contributed by atoms with Crippen molar-refractivity contribution in [1.82, 2.24) is 14.9 Å². The Morgan fingerprint density at radius 2 is 2.00 bits per heavy atom. The fourth-order valence-electron chi connectivity index (χ4n) is 2.78. The fourth-order valence-corrected chi connectivity index (χ4v) is 4.08. The lowest BCUT2D eigenvalue weighted by atomic mass is 9.98. The quantitative estimate of drug-likeness (QED) is 0.738. The van der Waals surface area contributed by atoms with Crippen molar-refractivity contribution in [3.05, 3.63) is 28.7 Å². The number of amides is 1. The lowest BCUT2D eigenvalue weighted by molar-refractivity contribution is -0.122. The first-order valence-electron chi connectivity index (χ1n) is 8.04. The van der Waals surface area contributed by atoms with Gasteiger partial charge in [0.25, 0.3) is 0 Å². The molecule has 1 aliphatic rings. The van der Waals surface area contributed by atoms with Gasteiger partial charge in [0, 0.05) is 29.5 Å². The third-order valence-corrected chi connectivity index (χ3v) is 6.42. The zero-order valence-corrected chi connectivity index (χ0v) is 16.4. The zero-order valence-electron chi connectivity index (χ0n) is 14.0. The van der Waals surface area contributed by atoms with E-state index in [9.17, 15) is 13.2 Å². The van der Waals surface area contributed by atoms with Gasteiger partial charge in [-0.3, -0.25) is 4.79 Å². The molecule has 1 aromatic carbocycles. The number of likely N-dealkylation sites (N-methyl/N-ethyl adjacent to an activating group) is 1. The number of carbonyl (C=O) groups is 1. The molecule has 2 rings (SSSR count). The number of halogens is 1. The van der Waals surface area contributed by atoms with Gasteiger partial charge < -0.3 is 10.2 Å². The van der Waals surface area contributed by atoms with Gasteiger partial charge in [0.15, 0.2) is 0 Å². The van der Waals surface area contributed by atoms with Crippen molar-refractivity contribution < 1.29 is 13.2 Å². The first-order valence-corrected chi connectivity index (χ1v) is 10.3. The molecule has 2 atom stereocenters. The zero-order chi connectivity index (χ0) is 17.7. The van der Waals surface area contributed by atoms with Crippen molar-refractivity contribution >= 4 is 31.9 Å². The van der Waals surface area contributed by atoms with E-state index in [0.717, 1.165) is 23.9 Å². The molecule has 0 bridgehead atoms. The first-order chi connectivity index (χ1) is 11.3. The first kappa shape index (κ1) is 19.4. The Labute approximate surface area is 152 Å². The fraction of sp³-hybridized carbons (Fsp3) is 0.562. The van der Waals surface area contributed by atoms with Crippen LogP contribution in [0.4, 0.5) is 0 Å². The van der Waals surface area contributed by atoms with E-state index < -0.39 is 10.0 Å². The van der Waals surface area contributed by atoms with Crippen molar-refractivity contribution in [2.24, 2.45) is 0 Å². The molecule has 1 aromatic rings. The van der Waals surface area contributed by atoms with Gasteiger partial charge in [-0.2, -0.15) is 0 Å². The molecule has 2 unspecified atom stereocenters. The summed E-state index contributed by atoms with van der Waals surface area (Å²) >= 11 is 3.27. The minimum absolute atomic E-state index is 0.0845. The van der Waals surface area contributed by atoms with Crippen LogP contribution in [0.15, 0.2) is 33.6 Å². The molecular weight excluding hydrogens is 394 g/mol. The molecule has 8 heteroatoms.